The molecule has 0 saturated heterocycles. The van der Waals surface area contributed by atoms with E-state index in [9.17, 15) is 36.1 Å². The fourth-order valence-corrected chi connectivity index (χ4v) is 3.13. The van der Waals surface area contributed by atoms with Crippen LogP contribution in [-0.4, -0.2) is 33.2 Å². The van der Waals surface area contributed by atoms with Crippen LogP contribution in [0, 0.1) is 15.9 Å². The summed E-state index contributed by atoms with van der Waals surface area (Å²) in [5.74, 6) is -1.73. The number of nitrogens with one attached hydrogen (secondary N) is 1. The average Bonchev–Trinajstić information content (AvgIpc) is 2.59. The van der Waals surface area contributed by atoms with Gasteiger partial charge in [0.15, 0.2) is 12.4 Å². The van der Waals surface area contributed by atoms with Gasteiger partial charge in [-0.3, -0.25) is 14.8 Å². The summed E-state index contributed by atoms with van der Waals surface area (Å²) in [5, 5.41) is 11.0. The van der Waals surface area contributed by atoms with Crippen molar-refractivity contribution in [2.24, 2.45) is 0 Å². The molecule has 0 saturated carbocycles. The number of nitrogens with zero attached hydrogens (tertiary/aromatic N) is 1. The van der Waals surface area contributed by atoms with Gasteiger partial charge in [0.05, 0.1) is 22.6 Å². The number of sulfonamides is 1. The number of rotatable bonds is 7. The summed E-state index contributed by atoms with van der Waals surface area (Å²) in [7, 11) is -3.38. The Morgan fingerprint density at radius 3 is 2.36 bits per heavy atom. The number of nitro groups is 1. The van der Waals surface area contributed by atoms with E-state index in [0.29, 0.717) is 12.1 Å². The maximum Gasteiger partial charge on any atom is 0.422 e. The molecule has 0 heterocycles. The van der Waals surface area contributed by atoms with E-state index in [1.807, 2.05) is 4.72 Å². The lowest BCUT2D eigenvalue weighted by Crippen LogP contribution is -2.20. The van der Waals surface area contributed by atoms with Gasteiger partial charge in [-0.05, 0) is 24.3 Å². The zero-order chi connectivity index (χ0) is 21.1. The van der Waals surface area contributed by atoms with Gasteiger partial charge in [0.1, 0.15) is 11.6 Å². The van der Waals surface area contributed by atoms with Crippen LogP contribution in [0.1, 0.15) is 0 Å². The largest absolute Gasteiger partial charge is 0.490 e. The van der Waals surface area contributed by atoms with Gasteiger partial charge in [-0.2, -0.15) is 13.2 Å². The summed E-state index contributed by atoms with van der Waals surface area (Å²) >= 11 is 0. The Morgan fingerprint density at radius 2 is 1.79 bits per heavy atom. The molecule has 2 rings (SSSR count). The van der Waals surface area contributed by atoms with E-state index >= 15 is 0 Å². The first-order valence-corrected chi connectivity index (χ1v) is 8.75. The molecular formula is C15H12F4N2O6S. The monoisotopic (exact) mass is 424 g/mol. The van der Waals surface area contributed by atoms with Crippen molar-refractivity contribution in [2.75, 3.05) is 18.4 Å². The molecule has 0 fully saturated rings. The van der Waals surface area contributed by atoms with Crippen molar-refractivity contribution in [3.05, 3.63) is 52.3 Å². The van der Waals surface area contributed by atoms with Gasteiger partial charge in [0.2, 0.25) is 0 Å². The Bertz CT molecular complexity index is 995. The Labute approximate surface area is 155 Å². The van der Waals surface area contributed by atoms with E-state index in [-0.39, 0.29) is 5.75 Å². The second kappa shape index (κ2) is 7.88. The number of hydrogen-bond acceptors (Lipinski definition) is 6. The lowest BCUT2D eigenvalue weighted by molar-refractivity contribution is -0.386. The van der Waals surface area contributed by atoms with Crippen LogP contribution in [0.3, 0.4) is 0 Å². The lowest BCUT2D eigenvalue weighted by Gasteiger charge is -2.15. The van der Waals surface area contributed by atoms with Crippen molar-refractivity contribution < 1.29 is 40.4 Å². The van der Waals surface area contributed by atoms with Crippen LogP contribution in [0.25, 0.3) is 0 Å². The number of methoxy groups -OCH3 is 1. The highest BCUT2D eigenvalue weighted by atomic mass is 32.2. The Balaban J connectivity index is 2.40. The summed E-state index contributed by atoms with van der Waals surface area (Å²) in [6.45, 7) is -1.73. The molecule has 28 heavy (non-hydrogen) atoms. The SMILES string of the molecule is COc1ccc(S(=O)(=O)Nc2cc(F)ccc2OCC(F)(F)F)cc1[N+](=O)[O-]. The van der Waals surface area contributed by atoms with E-state index in [0.717, 1.165) is 31.4 Å². The van der Waals surface area contributed by atoms with Crippen LogP contribution in [-0.2, 0) is 10.0 Å². The maximum absolute atomic E-state index is 13.4. The van der Waals surface area contributed by atoms with Crippen molar-refractivity contribution in [1.82, 2.24) is 0 Å². The van der Waals surface area contributed by atoms with Gasteiger partial charge >= 0.3 is 11.9 Å². The third kappa shape index (κ3) is 5.22. The van der Waals surface area contributed by atoms with Crippen molar-refractivity contribution in [3.63, 3.8) is 0 Å². The first-order valence-electron chi connectivity index (χ1n) is 7.27. The molecule has 0 atom stereocenters. The van der Waals surface area contributed by atoms with Crippen molar-refractivity contribution in [1.29, 1.82) is 0 Å². The first-order chi connectivity index (χ1) is 12.9. The molecule has 0 aliphatic rings. The minimum atomic E-state index is -4.71. The zero-order valence-electron chi connectivity index (χ0n) is 14.0. The highest BCUT2D eigenvalue weighted by Crippen LogP contribution is 2.32. The predicted octanol–water partition coefficient (Wildman–Crippen LogP) is 3.48. The van der Waals surface area contributed by atoms with Gasteiger partial charge in [-0.25, -0.2) is 12.8 Å². The highest BCUT2D eigenvalue weighted by molar-refractivity contribution is 7.92. The molecule has 0 amide bonds. The van der Waals surface area contributed by atoms with Gasteiger partial charge in [-0.1, -0.05) is 0 Å². The topological polar surface area (TPSA) is 108 Å². The number of alkyl halides is 3. The number of anilines is 1. The summed E-state index contributed by atoms with van der Waals surface area (Å²) in [5.41, 5.74) is -1.26. The smallest absolute Gasteiger partial charge is 0.422 e. The molecule has 0 bridgehead atoms. The highest BCUT2D eigenvalue weighted by Gasteiger charge is 2.29. The van der Waals surface area contributed by atoms with Crippen LogP contribution in [0.15, 0.2) is 41.3 Å². The zero-order valence-corrected chi connectivity index (χ0v) is 14.8. The minimum absolute atomic E-state index is 0.205. The molecule has 2 aromatic rings. The van der Waals surface area contributed by atoms with E-state index < -0.39 is 55.6 Å². The fourth-order valence-electron chi connectivity index (χ4n) is 2.05. The second-order valence-corrected chi connectivity index (χ2v) is 6.92. The molecule has 1 N–H and O–H groups in total. The molecule has 0 radical (unpaired) electrons. The van der Waals surface area contributed by atoms with Gasteiger partial charge in [0, 0.05) is 12.1 Å². The van der Waals surface area contributed by atoms with Crippen LogP contribution in [0.2, 0.25) is 0 Å². The van der Waals surface area contributed by atoms with Gasteiger partial charge in [-0.15, -0.1) is 0 Å². The molecule has 8 nitrogen and oxygen atoms in total. The summed E-state index contributed by atoms with van der Waals surface area (Å²) < 4.78 is 86.5. The third-order valence-electron chi connectivity index (χ3n) is 3.23. The molecule has 152 valence electrons. The lowest BCUT2D eigenvalue weighted by atomic mass is 10.3. The van der Waals surface area contributed by atoms with Crippen LogP contribution < -0.4 is 14.2 Å². The number of benzene rings is 2. The Kier molecular flexibility index (Phi) is 5.97. The van der Waals surface area contributed by atoms with Crippen molar-refractivity contribution in [2.45, 2.75) is 11.1 Å². The summed E-state index contributed by atoms with van der Waals surface area (Å²) in [6.07, 6.45) is -4.71. The van der Waals surface area contributed by atoms with Crippen molar-refractivity contribution in [3.8, 4) is 11.5 Å². The first kappa shape index (κ1) is 21.2. The van der Waals surface area contributed by atoms with E-state index in [4.69, 9.17) is 4.74 Å². The quantitative estimate of drug-likeness (QED) is 0.414. The number of nitro benzene ring substituents is 1. The maximum atomic E-state index is 13.4. The number of hydrogen-bond donors (Lipinski definition) is 1. The molecule has 0 aromatic heterocycles. The summed E-state index contributed by atoms with van der Waals surface area (Å²) in [6, 6.07) is 4.90. The average molecular weight is 424 g/mol. The second-order valence-electron chi connectivity index (χ2n) is 5.24. The molecule has 2 aromatic carbocycles. The standard InChI is InChI=1S/C15H12F4N2O6S/c1-26-14-5-3-10(7-12(14)21(22)23)28(24,25)20-11-6-9(16)2-4-13(11)27-8-15(17,18)19/h2-7,20H,8H2,1H3. The van der Waals surface area contributed by atoms with Crippen LogP contribution >= 0.6 is 0 Å². The summed E-state index contributed by atoms with van der Waals surface area (Å²) in [4.78, 5) is 9.56. The third-order valence-corrected chi connectivity index (χ3v) is 4.60. The van der Waals surface area contributed by atoms with E-state index in [1.165, 1.54) is 0 Å². The van der Waals surface area contributed by atoms with Gasteiger partial charge < -0.3 is 9.47 Å². The van der Waals surface area contributed by atoms with Crippen LogP contribution in [0.5, 0.6) is 11.5 Å². The number of ether oxygens (including phenoxy) is 2. The molecule has 0 aliphatic carbocycles. The Hall–Kier alpha value is -3.09. The minimum Gasteiger partial charge on any atom is -0.490 e. The molecule has 13 heteroatoms. The molecule has 0 unspecified atom stereocenters. The van der Waals surface area contributed by atoms with Crippen molar-refractivity contribution >= 4 is 21.4 Å². The molecule has 0 aliphatic heterocycles. The molecular weight excluding hydrogens is 412 g/mol. The number of halogens is 4. The van der Waals surface area contributed by atoms with Crippen LogP contribution in [0.4, 0.5) is 28.9 Å². The van der Waals surface area contributed by atoms with E-state index in [1.54, 1.807) is 0 Å². The Morgan fingerprint density at radius 1 is 1.14 bits per heavy atom. The fraction of sp³-hybridized carbons (Fsp3) is 0.200. The van der Waals surface area contributed by atoms with Gasteiger partial charge in [0.25, 0.3) is 10.0 Å². The van der Waals surface area contributed by atoms with E-state index in [2.05, 4.69) is 4.74 Å². The predicted molar refractivity (Wildman–Crippen MR) is 88.4 cm³/mol. The normalized spacial score (nSPS) is 11.8. The molecule has 0 spiro atoms.